The number of halogens is 1. The maximum atomic E-state index is 13.9. The molecule has 1 heterocycles. The van der Waals surface area contributed by atoms with Crippen LogP contribution in [0.3, 0.4) is 0 Å². The van der Waals surface area contributed by atoms with Crippen LogP contribution in [0.25, 0.3) is 0 Å². The number of aromatic nitrogens is 2. The molecule has 0 unspecified atom stereocenters. The second kappa shape index (κ2) is 5.58. The molecule has 0 aliphatic heterocycles. The molecule has 1 aromatic carbocycles. The van der Waals surface area contributed by atoms with Crippen LogP contribution in [0.1, 0.15) is 30.2 Å². The van der Waals surface area contributed by atoms with Crippen LogP contribution in [0.15, 0.2) is 22.6 Å². The molecule has 6 heteroatoms. The summed E-state index contributed by atoms with van der Waals surface area (Å²) >= 11 is 0. The van der Waals surface area contributed by atoms with E-state index in [1.807, 2.05) is 6.07 Å². The molecule has 1 N–H and O–H groups in total. The van der Waals surface area contributed by atoms with Gasteiger partial charge < -0.3 is 14.5 Å². The van der Waals surface area contributed by atoms with E-state index < -0.39 is 0 Å². The Kier molecular flexibility index (Phi) is 3.64. The Balaban J connectivity index is 1.58. The molecule has 0 amide bonds. The van der Waals surface area contributed by atoms with Crippen LogP contribution in [-0.4, -0.2) is 16.2 Å². The fraction of sp³-hybridized carbons (Fsp3) is 0.429. The molecule has 5 nitrogen and oxygen atoms in total. The summed E-state index contributed by atoms with van der Waals surface area (Å²) in [6.07, 6.45) is 2.43. The Labute approximate surface area is 116 Å². The summed E-state index contributed by atoms with van der Waals surface area (Å²) in [6.45, 7) is 2.45. The number of ether oxygens (including phenoxy) is 1. The van der Waals surface area contributed by atoms with Gasteiger partial charge in [0.2, 0.25) is 5.89 Å². The summed E-state index contributed by atoms with van der Waals surface area (Å²) in [5.41, 5.74) is 0.912. The summed E-state index contributed by atoms with van der Waals surface area (Å²) in [4.78, 5) is 0. The van der Waals surface area contributed by atoms with Crippen molar-refractivity contribution in [3.05, 3.63) is 41.4 Å². The highest BCUT2D eigenvalue weighted by atomic mass is 19.1. The largest absolute Gasteiger partial charge is 0.481 e. The van der Waals surface area contributed by atoms with Gasteiger partial charge in [-0.15, -0.1) is 10.2 Å². The van der Waals surface area contributed by atoms with Gasteiger partial charge >= 0.3 is 0 Å². The Morgan fingerprint density at radius 2 is 2.25 bits per heavy atom. The fourth-order valence-electron chi connectivity index (χ4n) is 1.86. The van der Waals surface area contributed by atoms with E-state index in [9.17, 15) is 4.39 Å². The van der Waals surface area contributed by atoms with Crippen LogP contribution in [0.2, 0.25) is 0 Å². The van der Waals surface area contributed by atoms with Gasteiger partial charge in [0.25, 0.3) is 5.89 Å². The van der Waals surface area contributed by atoms with Gasteiger partial charge in [-0.1, -0.05) is 6.07 Å². The summed E-state index contributed by atoms with van der Waals surface area (Å²) in [5, 5.41) is 10.8. The predicted molar refractivity (Wildman–Crippen MR) is 69.6 cm³/mol. The van der Waals surface area contributed by atoms with Crippen LogP contribution < -0.4 is 10.1 Å². The molecule has 0 spiro atoms. The Morgan fingerprint density at radius 1 is 1.40 bits per heavy atom. The maximum Gasteiger partial charge on any atom is 0.253 e. The lowest BCUT2D eigenvalue weighted by Crippen LogP contribution is -2.15. The first-order valence-corrected chi connectivity index (χ1v) is 6.64. The van der Waals surface area contributed by atoms with E-state index in [0.29, 0.717) is 24.4 Å². The molecule has 0 radical (unpaired) electrons. The third-order valence-corrected chi connectivity index (χ3v) is 3.09. The van der Waals surface area contributed by atoms with E-state index in [0.717, 1.165) is 5.56 Å². The van der Waals surface area contributed by atoms with E-state index in [1.54, 1.807) is 13.0 Å². The van der Waals surface area contributed by atoms with Gasteiger partial charge in [0, 0.05) is 19.5 Å². The first-order chi connectivity index (χ1) is 9.70. The molecule has 1 saturated carbocycles. The third-order valence-electron chi connectivity index (χ3n) is 3.09. The molecule has 0 saturated heterocycles. The standard InChI is InChI=1S/C14H16FN3O2/c1-9-17-18-14(20-9)8-19-13-5-2-10(6-12(13)15)7-16-11-3-4-11/h2,5-6,11,16H,3-4,7-8H2,1H3. The highest BCUT2D eigenvalue weighted by Crippen LogP contribution is 2.22. The Morgan fingerprint density at radius 3 is 2.90 bits per heavy atom. The Bertz CT molecular complexity index is 596. The van der Waals surface area contributed by atoms with Crippen molar-refractivity contribution in [2.45, 2.75) is 39.0 Å². The molecule has 2 aromatic rings. The number of hydrogen-bond donors (Lipinski definition) is 1. The first kappa shape index (κ1) is 13.1. The van der Waals surface area contributed by atoms with Crippen LogP contribution in [0.4, 0.5) is 4.39 Å². The summed E-state index contributed by atoms with van der Waals surface area (Å²) < 4.78 is 24.4. The maximum absolute atomic E-state index is 13.9. The van der Waals surface area contributed by atoms with Crippen molar-refractivity contribution in [2.24, 2.45) is 0 Å². The lowest BCUT2D eigenvalue weighted by atomic mass is 10.2. The van der Waals surface area contributed by atoms with Gasteiger partial charge in [-0.2, -0.15) is 0 Å². The molecule has 20 heavy (non-hydrogen) atoms. The van der Waals surface area contributed by atoms with Crippen molar-refractivity contribution in [3.8, 4) is 5.75 Å². The number of nitrogens with zero attached hydrogens (tertiary/aromatic N) is 2. The number of rotatable bonds is 6. The Hall–Kier alpha value is -1.95. The minimum Gasteiger partial charge on any atom is -0.481 e. The van der Waals surface area contributed by atoms with E-state index in [4.69, 9.17) is 9.15 Å². The smallest absolute Gasteiger partial charge is 0.253 e. The van der Waals surface area contributed by atoms with E-state index >= 15 is 0 Å². The van der Waals surface area contributed by atoms with Crippen LogP contribution in [0.5, 0.6) is 5.75 Å². The zero-order valence-corrected chi connectivity index (χ0v) is 11.2. The van der Waals surface area contributed by atoms with Crippen LogP contribution >= 0.6 is 0 Å². The van der Waals surface area contributed by atoms with E-state index in [-0.39, 0.29) is 18.2 Å². The van der Waals surface area contributed by atoms with Crippen molar-refractivity contribution < 1.29 is 13.5 Å². The van der Waals surface area contributed by atoms with Crippen molar-refractivity contribution in [3.63, 3.8) is 0 Å². The van der Waals surface area contributed by atoms with Crippen LogP contribution in [0, 0.1) is 12.7 Å². The molecule has 0 atom stereocenters. The fourth-order valence-corrected chi connectivity index (χ4v) is 1.86. The van der Waals surface area contributed by atoms with Crippen molar-refractivity contribution in [2.75, 3.05) is 0 Å². The third kappa shape index (κ3) is 3.33. The first-order valence-electron chi connectivity index (χ1n) is 6.64. The lowest BCUT2D eigenvalue weighted by molar-refractivity contribution is 0.249. The molecular formula is C14H16FN3O2. The number of hydrogen-bond acceptors (Lipinski definition) is 5. The average Bonchev–Trinajstić information content (AvgIpc) is 3.17. The molecule has 1 aliphatic carbocycles. The zero-order chi connectivity index (χ0) is 13.9. The van der Waals surface area contributed by atoms with E-state index in [2.05, 4.69) is 15.5 Å². The monoisotopic (exact) mass is 277 g/mol. The average molecular weight is 277 g/mol. The van der Waals surface area contributed by atoms with Gasteiger partial charge in [-0.25, -0.2) is 4.39 Å². The van der Waals surface area contributed by atoms with Crippen LogP contribution in [-0.2, 0) is 13.2 Å². The predicted octanol–water partition coefficient (Wildman–Crippen LogP) is 2.35. The van der Waals surface area contributed by atoms with Gasteiger partial charge in [0.1, 0.15) is 0 Å². The number of aryl methyl sites for hydroxylation is 1. The minimum absolute atomic E-state index is 0.0669. The number of benzene rings is 1. The van der Waals surface area contributed by atoms with Gasteiger partial charge in [-0.05, 0) is 30.5 Å². The molecule has 1 aromatic heterocycles. The normalized spacial score (nSPS) is 14.5. The minimum atomic E-state index is -0.378. The zero-order valence-electron chi connectivity index (χ0n) is 11.2. The quantitative estimate of drug-likeness (QED) is 0.878. The molecule has 3 rings (SSSR count). The van der Waals surface area contributed by atoms with Crippen molar-refractivity contribution >= 4 is 0 Å². The van der Waals surface area contributed by atoms with Gasteiger partial charge in [0.05, 0.1) is 0 Å². The summed E-state index contributed by atoms with van der Waals surface area (Å²) in [7, 11) is 0. The SMILES string of the molecule is Cc1nnc(COc2ccc(CNC3CC3)cc2F)o1. The van der Waals surface area contributed by atoms with E-state index in [1.165, 1.54) is 18.9 Å². The lowest BCUT2D eigenvalue weighted by Gasteiger charge is -2.07. The molecule has 106 valence electrons. The number of nitrogens with one attached hydrogen (secondary N) is 1. The van der Waals surface area contributed by atoms with Crippen molar-refractivity contribution in [1.29, 1.82) is 0 Å². The summed E-state index contributed by atoms with van der Waals surface area (Å²) in [5.74, 6) is 0.610. The van der Waals surface area contributed by atoms with Gasteiger partial charge in [-0.3, -0.25) is 0 Å². The molecule has 0 bridgehead atoms. The summed E-state index contributed by atoms with van der Waals surface area (Å²) in [6, 6.07) is 5.58. The van der Waals surface area contributed by atoms with Crippen molar-refractivity contribution in [1.82, 2.24) is 15.5 Å². The second-order valence-corrected chi connectivity index (χ2v) is 4.92. The second-order valence-electron chi connectivity index (χ2n) is 4.92. The highest BCUT2D eigenvalue weighted by molar-refractivity contribution is 5.29. The molecule has 1 aliphatic rings. The molecular weight excluding hydrogens is 261 g/mol. The van der Waals surface area contributed by atoms with Gasteiger partial charge in [0.15, 0.2) is 18.2 Å². The topological polar surface area (TPSA) is 60.2 Å². The molecule has 1 fully saturated rings. The highest BCUT2D eigenvalue weighted by Gasteiger charge is 2.20.